The minimum Gasteiger partial charge on any atom is -0.302 e. The summed E-state index contributed by atoms with van der Waals surface area (Å²) in [7, 11) is -3.88. The maximum atomic E-state index is 12.1. The quantitative estimate of drug-likeness (QED) is 0.0513. The van der Waals surface area contributed by atoms with Gasteiger partial charge in [0.1, 0.15) is 0 Å². The molecule has 0 atom stereocenters. The van der Waals surface area contributed by atoms with Gasteiger partial charge >= 0.3 is 7.82 Å². The highest BCUT2D eigenvalue weighted by Crippen LogP contribution is 2.43. The highest BCUT2D eigenvalue weighted by atomic mass is 31.2. The molecule has 0 aromatic carbocycles. The monoisotopic (exact) mass is 687 g/mol. The lowest BCUT2D eigenvalue weighted by Crippen LogP contribution is -1.99. The molecule has 0 unspecified atom stereocenters. The van der Waals surface area contributed by atoms with Gasteiger partial charge in [-0.1, -0.05) is 245 Å². The van der Waals surface area contributed by atoms with Crippen LogP contribution in [0.25, 0.3) is 0 Å². The van der Waals surface area contributed by atoms with Crippen LogP contribution in [0, 0.1) is 0 Å². The summed E-state index contributed by atoms with van der Waals surface area (Å²) in [4.78, 5) is 9.93. The van der Waals surface area contributed by atoms with Crippen molar-refractivity contribution in [3.63, 3.8) is 0 Å². The van der Waals surface area contributed by atoms with E-state index in [4.69, 9.17) is 9.05 Å². The van der Waals surface area contributed by atoms with Crippen molar-refractivity contribution >= 4 is 7.82 Å². The van der Waals surface area contributed by atoms with Crippen molar-refractivity contribution in [3.05, 3.63) is 0 Å². The van der Waals surface area contributed by atoms with Crippen LogP contribution in [0.1, 0.15) is 258 Å². The second-order valence-electron chi connectivity index (χ2n) is 14.9. The van der Waals surface area contributed by atoms with Crippen LogP contribution in [-0.2, 0) is 13.6 Å². The van der Waals surface area contributed by atoms with E-state index in [-0.39, 0.29) is 0 Å². The Balaban J connectivity index is 3.25. The first kappa shape index (κ1) is 47.1. The van der Waals surface area contributed by atoms with Gasteiger partial charge in [-0.15, -0.1) is 0 Å². The highest BCUT2D eigenvalue weighted by molar-refractivity contribution is 7.47. The van der Waals surface area contributed by atoms with E-state index in [2.05, 4.69) is 13.8 Å². The Bertz CT molecular complexity index is 565. The Hall–Kier alpha value is 0.110. The summed E-state index contributed by atoms with van der Waals surface area (Å²) in [6.07, 6.45) is 51.0. The molecule has 0 bridgehead atoms. The van der Waals surface area contributed by atoms with Crippen molar-refractivity contribution < 1.29 is 18.5 Å². The third kappa shape index (κ3) is 42.2. The Morgan fingerprint density at radius 3 is 0.617 bits per heavy atom. The number of hydrogen-bond acceptors (Lipinski definition) is 3. The molecule has 0 aromatic rings. The second kappa shape index (κ2) is 40.5. The molecule has 0 aliphatic heterocycles. The van der Waals surface area contributed by atoms with Crippen molar-refractivity contribution in [3.8, 4) is 0 Å². The third-order valence-electron chi connectivity index (χ3n) is 10.0. The largest absolute Gasteiger partial charge is 0.472 e. The van der Waals surface area contributed by atoms with Gasteiger partial charge in [0.15, 0.2) is 0 Å². The lowest BCUT2D eigenvalue weighted by Gasteiger charge is -2.12. The van der Waals surface area contributed by atoms with Crippen molar-refractivity contribution in [2.75, 3.05) is 13.2 Å². The van der Waals surface area contributed by atoms with Crippen LogP contribution in [0.2, 0.25) is 0 Å². The predicted molar refractivity (Wildman–Crippen MR) is 209 cm³/mol. The third-order valence-corrected chi connectivity index (χ3v) is 11.0. The molecular formula is C42H87O4P. The number of rotatable bonds is 42. The molecular weight excluding hydrogens is 599 g/mol. The predicted octanol–water partition coefficient (Wildman–Crippen LogP) is 16.0. The van der Waals surface area contributed by atoms with Crippen LogP contribution in [-0.4, -0.2) is 18.1 Å². The number of unbranched alkanes of at least 4 members (excludes halogenated alkanes) is 36. The highest BCUT2D eigenvalue weighted by Gasteiger charge is 2.19. The summed E-state index contributed by atoms with van der Waals surface area (Å²) in [6.45, 7) is 5.23. The molecule has 5 heteroatoms. The van der Waals surface area contributed by atoms with Crippen LogP contribution in [0.3, 0.4) is 0 Å². The van der Waals surface area contributed by atoms with Crippen LogP contribution in [0.15, 0.2) is 0 Å². The Morgan fingerprint density at radius 2 is 0.447 bits per heavy atom. The summed E-state index contributed by atoms with van der Waals surface area (Å²) in [5.41, 5.74) is 0. The summed E-state index contributed by atoms with van der Waals surface area (Å²) in [6, 6.07) is 0. The maximum absolute atomic E-state index is 12.1. The lowest BCUT2D eigenvalue weighted by molar-refractivity contribution is 0.145. The molecule has 0 aromatic heterocycles. The molecule has 0 spiro atoms. The maximum Gasteiger partial charge on any atom is 0.472 e. The minimum atomic E-state index is -3.88. The van der Waals surface area contributed by atoms with E-state index in [1.54, 1.807) is 0 Å². The van der Waals surface area contributed by atoms with Crippen molar-refractivity contribution in [1.82, 2.24) is 0 Å². The molecule has 4 nitrogen and oxygen atoms in total. The summed E-state index contributed by atoms with van der Waals surface area (Å²) in [5.74, 6) is 0. The number of phosphoric acid groups is 1. The molecule has 0 rings (SSSR count). The fourth-order valence-corrected chi connectivity index (χ4v) is 7.55. The molecule has 284 valence electrons. The summed E-state index contributed by atoms with van der Waals surface area (Å²) >= 11 is 0. The van der Waals surface area contributed by atoms with E-state index >= 15 is 0 Å². The molecule has 0 aliphatic rings. The van der Waals surface area contributed by atoms with Gasteiger partial charge in [-0.2, -0.15) is 0 Å². The fraction of sp³-hybridized carbons (Fsp3) is 1.00. The molecule has 0 radical (unpaired) electrons. The van der Waals surface area contributed by atoms with Gasteiger partial charge in [0, 0.05) is 0 Å². The first-order valence-electron chi connectivity index (χ1n) is 21.7. The first-order chi connectivity index (χ1) is 23.1. The van der Waals surface area contributed by atoms with E-state index < -0.39 is 7.82 Å². The first-order valence-corrected chi connectivity index (χ1v) is 23.2. The SMILES string of the molecule is CCCCCCCCCCCCCCCCCCCCCOP(=O)(O)OCCCCCCCCCCCCCCCCCCCCC. The van der Waals surface area contributed by atoms with Gasteiger partial charge in [-0.05, 0) is 12.8 Å². The van der Waals surface area contributed by atoms with E-state index in [0.29, 0.717) is 13.2 Å². The molecule has 0 saturated heterocycles. The zero-order valence-electron chi connectivity index (χ0n) is 32.4. The van der Waals surface area contributed by atoms with Gasteiger partial charge in [0.05, 0.1) is 13.2 Å². The van der Waals surface area contributed by atoms with Crippen molar-refractivity contribution in [1.29, 1.82) is 0 Å². The lowest BCUT2D eigenvalue weighted by atomic mass is 10.0. The van der Waals surface area contributed by atoms with Crippen molar-refractivity contribution in [2.24, 2.45) is 0 Å². The zero-order valence-corrected chi connectivity index (χ0v) is 33.3. The number of phosphoric ester groups is 1. The van der Waals surface area contributed by atoms with E-state index in [1.807, 2.05) is 0 Å². The van der Waals surface area contributed by atoms with Gasteiger partial charge in [0.25, 0.3) is 0 Å². The smallest absolute Gasteiger partial charge is 0.302 e. The fourth-order valence-electron chi connectivity index (χ4n) is 6.76. The standard InChI is InChI=1S/C42H87O4P/c1-3-5-7-9-11-13-15-17-19-21-23-25-27-29-31-33-35-37-39-41-45-47(43,44)46-42-40-38-36-34-32-30-28-26-24-22-20-18-16-14-12-10-8-6-4-2/h3-42H2,1-2H3,(H,43,44). The molecule has 0 aliphatic carbocycles. The van der Waals surface area contributed by atoms with Gasteiger partial charge < -0.3 is 4.89 Å². The summed E-state index contributed by atoms with van der Waals surface area (Å²) < 4.78 is 22.5. The average Bonchev–Trinajstić information content (AvgIpc) is 3.06. The molecule has 47 heavy (non-hydrogen) atoms. The van der Waals surface area contributed by atoms with Crippen LogP contribution in [0.4, 0.5) is 0 Å². The van der Waals surface area contributed by atoms with E-state index in [9.17, 15) is 9.46 Å². The van der Waals surface area contributed by atoms with Gasteiger partial charge in [-0.25, -0.2) is 4.57 Å². The molecule has 0 heterocycles. The molecule has 0 fully saturated rings. The Morgan fingerprint density at radius 1 is 0.298 bits per heavy atom. The van der Waals surface area contributed by atoms with E-state index in [0.717, 1.165) is 25.7 Å². The zero-order chi connectivity index (χ0) is 34.2. The summed E-state index contributed by atoms with van der Waals surface area (Å²) in [5, 5.41) is 0. The average molecular weight is 687 g/mol. The van der Waals surface area contributed by atoms with Gasteiger partial charge in [0.2, 0.25) is 0 Å². The molecule has 0 saturated carbocycles. The number of hydrogen-bond donors (Lipinski definition) is 1. The van der Waals surface area contributed by atoms with E-state index in [1.165, 1.54) is 218 Å². The Labute approximate surface area is 296 Å². The Kier molecular flexibility index (Phi) is 40.6. The minimum absolute atomic E-state index is 0.325. The molecule has 1 N–H and O–H groups in total. The van der Waals surface area contributed by atoms with Gasteiger partial charge in [-0.3, -0.25) is 9.05 Å². The second-order valence-corrected chi connectivity index (χ2v) is 16.3. The van der Waals surface area contributed by atoms with Crippen LogP contribution >= 0.6 is 7.82 Å². The van der Waals surface area contributed by atoms with Crippen molar-refractivity contribution in [2.45, 2.75) is 258 Å². The molecule has 0 amide bonds. The van der Waals surface area contributed by atoms with Crippen LogP contribution < -0.4 is 0 Å². The topological polar surface area (TPSA) is 55.8 Å². The normalized spacial score (nSPS) is 12.0. The van der Waals surface area contributed by atoms with Crippen LogP contribution in [0.5, 0.6) is 0 Å².